The third-order valence-electron chi connectivity index (χ3n) is 7.73. The van der Waals surface area contributed by atoms with Crippen LogP contribution >= 0.6 is 0 Å². The number of benzene rings is 1. The van der Waals surface area contributed by atoms with Crippen molar-refractivity contribution in [3.8, 4) is 0 Å². The Balaban J connectivity index is 1.53. The van der Waals surface area contributed by atoms with Crippen LogP contribution in [0.15, 0.2) is 30.3 Å². The summed E-state index contributed by atoms with van der Waals surface area (Å²) >= 11 is 0. The van der Waals surface area contributed by atoms with Crippen LogP contribution in [0.2, 0.25) is 0 Å². The van der Waals surface area contributed by atoms with Crippen molar-refractivity contribution < 1.29 is 43.5 Å². The van der Waals surface area contributed by atoms with Gasteiger partial charge in [-0.2, -0.15) is 0 Å². The van der Waals surface area contributed by atoms with Gasteiger partial charge in [0.25, 0.3) is 0 Å². The molecule has 1 aromatic carbocycles. The number of ether oxygens (including phenoxy) is 5. The van der Waals surface area contributed by atoms with E-state index in [1.165, 1.54) is 0 Å². The first-order chi connectivity index (χ1) is 18.5. The summed E-state index contributed by atoms with van der Waals surface area (Å²) in [4.78, 5) is 26.3. The molecule has 1 aromatic rings. The van der Waals surface area contributed by atoms with Crippen molar-refractivity contribution in [1.29, 1.82) is 0 Å². The van der Waals surface area contributed by atoms with E-state index in [-0.39, 0.29) is 43.6 Å². The Bertz CT molecular complexity index is 851. The monoisotopic (exact) mass is 534 g/mol. The molecule has 0 amide bonds. The molecule has 212 valence electrons. The maximum absolute atomic E-state index is 13.3. The van der Waals surface area contributed by atoms with Gasteiger partial charge in [-0.25, -0.2) is 0 Å². The topological polar surface area (TPSA) is 121 Å². The van der Waals surface area contributed by atoms with E-state index in [9.17, 15) is 19.8 Å². The van der Waals surface area contributed by atoms with E-state index < -0.39 is 37.3 Å². The summed E-state index contributed by atoms with van der Waals surface area (Å²) < 4.78 is 30.0. The fraction of sp³-hybridized carbons (Fsp3) is 0.724. The van der Waals surface area contributed by atoms with Crippen molar-refractivity contribution in [1.82, 2.24) is 0 Å². The van der Waals surface area contributed by atoms with Gasteiger partial charge in [0.15, 0.2) is 18.5 Å². The standard InChI is InChI=1S/C29H42O9/c30-16-23(31)18-35-29-26(34-17-20-10-4-1-5-11-20)25(38-28(33)22-14-8-3-9-15-22)24(19-36-29)37-27(32)21-12-6-2-7-13-21/h1,4-5,10-11,21-26,29-31H,2-3,6-9,12-19H2/t23-,24-,25+,26-,29+/m1/s1. The largest absolute Gasteiger partial charge is 0.456 e. The Labute approximate surface area is 224 Å². The van der Waals surface area contributed by atoms with Crippen LogP contribution < -0.4 is 0 Å². The zero-order chi connectivity index (χ0) is 26.7. The fourth-order valence-corrected chi connectivity index (χ4v) is 5.48. The predicted molar refractivity (Wildman–Crippen MR) is 137 cm³/mol. The van der Waals surface area contributed by atoms with Crippen LogP contribution in [0.5, 0.6) is 0 Å². The number of esters is 2. The molecule has 9 nitrogen and oxygen atoms in total. The van der Waals surface area contributed by atoms with Gasteiger partial charge in [0, 0.05) is 0 Å². The van der Waals surface area contributed by atoms with Crippen molar-refractivity contribution in [2.24, 2.45) is 11.8 Å². The van der Waals surface area contributed by atoms with Gasteiger partial charge >= 0.3 is 11.9 Å². The molecule has 38 heavy (non-hydrogen) atoms. The lowest BCUT2D eigenvalue weighted by molar-refractivity contribution is -0.294. The number of hydrogen-bond donors (Lipinski definition) is 2. The Kier molecular flexibility index (Phi) is 11.4. The molecule has 9 heteroatoms. The Morgan fingerprint density at radius 3 is 2.05 bits per heavy atom. The predicted octanol–water partition coefficient (Wildman–Crippen LogP) is 3.28. The van der Waals surface area contributed by atoms with Crippen LogP contribution in [0.3, 0.4) is 0 Å². The molecule has 5 atom stereocenters. The van der Waals surface area contributed by atoms with Gasteiger partial charge in [0.1, 0.15) is 12.2 Å². The molecule has 2 saturated carbocycles. The molecule has 4 rings (SSSR count). The summed E-state index contributed by atoms with van der Waals surface area (Å²) in [7, 11) is 0. The molecule has 3 fully saturated rings. The summed E-state index contributed by atoms with van der Waals surface area (Å²) in [5, 5.41) is 19.1. The highest BCUT2D eigenvalue weighted by atomic mass is 16.7. The minimum Gasteiger partial charge on any atom is -0.456 e. The zero-order valence-corrected chi connectivity index (χ0v) is 22.1. The number of aliphatic hydroxyl groups excluding tert-OH is 2. The number of carbonyl (C=O) groups is 2. The second-order valence-electron chi connectivity index (χ2n) is 10.7. The number of aliphatic hydroxyl groups is 2. The molecule has 0 radical (unpaired) electrons. The highest BCUT2D eigenvalue weighted by Gasteiger charge is 2.48. The van der Waals surface area contributed by atoms with Gasteiger partial charge in [-0.15, -0.1) is 0 Å². The van der Waals surface area contributed by atoms with Crippen LogP contribution in [0, 0.1) is 11.8 Å². The second-order valence-corrected chi connectivity index (χ2v) is 10.7. The van der Waals surface area contributed by atoms with E-state index in [2.05, 4.69) is 0 Å². The lowest BCUT2D eigenvalue weighted by Gasteiger charge is -2.42. The van der Waals surface area contributed by atoms with E-state index in [1.807, 2.05) is 30.3 Å². The van der Waals surface area contributed by atoms with Gasteiger partial charge in [-0.3, -0.25) is 9.59 Å². The first-order valence-corrected chi connectivity index (χ1v) is 14.1. The molecule has 1 saturated heterocycles. The second kappa shape index (κ2) is 14.9. The van der Waals surface area contributed by atoms with Gasteiger partial charge in [-0.1, -0.05) is 68.9 Å². The Morgan fingerprint density at radius 2 is 1.45 bits per heavy atom. The van der Waals surface area contributed by atoms with E-state index in [0.29, 0.717) is 0 Å². The van der Waals surface area contributed by atoms with E-state index >= 15 is 0 Å². The molecule has 0 unspecified atom stereocenters. The maximum Gasteiger partial charge on any atom is 0.309 e. The highest BCUT2D eigenvalue weighted by molar-refractivity contribution is 5.74. The molecular weight excluding hydrogens is 492 g/mol. The normalized spacial score (nSPS) is 27.9. The van der Waals surface area contributed by atoms with Crippen LogP contribution in [-0.2, 0) is 39.9 Å². The SMILES string of the molecule is O=C(O[C@@H]1[C@@H](OCc2ccccc2)[C@@H](OC[C@H](O)CO)OC[C@H]1OC(=O)C1CCCCC1)C1CCCCC1. The molecule has 2 N–H and O–H groups in total. The van der Waals surface area contributed by atoms with Crippen molar-refractivity contribution in [2.45, 2.75) is 102 Å². The minimum absolute atomic E-state index is 0.0356. The quantitative estimate of drug-likeness (QED) is 0.412. The minimum atomic E-state index is -1.10. The summed E-state index contributed by atoms with van der Waals surface area (Å²) in [6.45, 7) is -0.504. The van der Waals surface area contributed by atoms with Crippen molar-refractivity contribution in [3.05, 3.63) is 35.9 Å². The number of rotatable bonds is 11. The van der Waals surface area contributed by atoms with Crippen molar-refractivity contribution in [3.63, 3.8) is 0 Å². The van der Waals surface area contributed by atoms with Crippen molar-refractivity contribution >= 4 is 11.9 Å². The third-order valence-corrected chi connectivity index (χ3v) is 7.73. The molecular formula is C29H42O9. The molecule has 3 aliphatic rings. The fourth-order valence-electron chi connectivity index (χ4n) is 5.48. The maximum atomic E-state index is 13.3. The molecule has 1 heterocycles. The molecule has 1 aliphatic heterocycles. The summed E-state index contributed by atoms with van der Waals surface area (Å²) in [6.07, 6.45) is 4.50. The highest BCUT2D eigenvalue weighted by Crippen LogP contribution is 2.32. The van der Waals surface area contributed by atoms with Gasteiger partial charge in [0.05, 0.1) is 38.3 Å². The summed E-state index contributed by atoms with van der Waals surface area (Å²) in [5.74, 6) is -0.992. The summed E-state index contributed by atoms with van der Waals surface area (Å²) in [6, 6.07) is 9.54. The number of carbonyl (C=O) groups excluding carboxylic acids is 2. The summed E-state index contributed by atoms with van der Waals surface area (Å²) in [5.41, 5.74) is 0.903. The average molecular weight is 535 g/mol. The van der Waals surface area contributed by atoms with E-state index in [0.717, 1.165) is 69.8 Å². The van der Waals surface area contributed by atoms with E-state index in [1.54, 1.807) is 0 Å². The first-order valence-electron chi connectivity index (χ1n) is 14.1. The van der Waals surface area contributed by atoms with Crippen LogP contribution in [0.25, 0.3) is 0 Å². The number of hydrogen-bond acceptors (Lipinski definition) is 9. The third kappa shape index (κ3) is 8.23. The van der Waals surface area contributed by atoms with E-state index in [4.69, 9.17) is 23.7 Å². The molecule has 0 spiro atoms. The first kappa shape index (κ1) is 29.0. The van der Waals surface area contributed by atoms with Crippen molar-refractivity contribution in [2.75, 3.05) is 19.8 Å². The van der Waals surface area contributed by atoms with Crippen LogP contribution in [0.1, 0.15) is 69.8 Å². The molecule has 2 aliphatic carbocycles. The average Bonchev–Trinajstić information content (AvgIpc) is 2.97. The van der Waals surface area contributed by atoms with Gasteiger partial charge in [-0.05, 0) is 31.2 Å². The van der Waals surface area contributed by atoms with Gasteiger partial charge < -0.3 is 33.9 Å². The Morgan fingerprint density at radius 1 is 0.842 bits per heavy atom. The lowest BCUT2D eigenvalue weighted by atomic mass is 9.89. The molecule has 0 aromatic heterocycles. The van der Waals surface area contributed by atoms with Gasteiger partial charge in [0.2, 0.25) is 0 Å². The Hall–Kier alpha value is -2.04. The lowest BCUT2D eigenvalue weighted by Crippen LogP contribution is -2.58. The molecule has 0 bridgehead atoms. The smallest absolute Gasteiger partial charge is 0.309 e. The van der Waals surface area contributed by atoms with Crippen LogP contribution in [-0.4, -0.2) is 72.7 Å². The zero-order valence-electron chi connectivity index (χ0n) is 22.1. The van der Waals surface area contributed by atoms with Crippen LogP contribution in [0.4, 0.5) is 0 Å².